The monoisotopic (exact) mass is 665 g/mol. The molecule has 0 aromatic heterocycles. The van der Waals surface area contributed by atoms with Crippen molar-refractivity contribution in [3.8, 4) is 11.5 Å². The van der Waals surface area contributed by atoms with Crippen LogP contribution in [0.25, 0.3) is 0 Å². The Balaban J connectivity index is 1.85. The Kier molecular flexibility index (Phi) is 10.2. The second-order valence-electron chi connectivity index (χ2n) is 14.8. The molecule has 1 fully saturated rings. The third kappa shape index (κ3) is 8.06. The van der Waals surface area contributed by atoms with Crippen LogP contribution in [0.1, 0.15) is 78.7 Å². The summed E-state index contributed by atoms with van der Waals surface area (Å²) >= 11 is 0. The summed E-state index contributed by atoms with van der Waals surface area (Å²) in [5, 5.41) is 22.6. The molecule has 44 heavy (non-hydrogen) atoms. The molecule has 2 aromatic carbocycles. The first-order valence-electron chi connectivity index (χ1n) is 14.9. The van der Waals surface area contributed by atoms with E-state index in [-0.39, 0.29) is 16.0 Å². The lowest BCUT2D eigenvalue weighted by atomic mass is 9.81. The van der Waals surface area contributed by atoms with Gasteiger partial charge < -0.3 is 8.85 Å². The maximum atomic E-state index is 13.2. The van der Waals surface area contributed by atoms with Crippen molar-refractivity contribution in [2.45, 2.75) is 120 Å². The SMILES string of the molecule is CC(C)(C)[Si](C)(C)Oc1ccc(C2CCC(NS(=O)(=O)c3ccc([N+](=O)[O-])cc3[N+](=O)[O-])CC2)c(O[Si](C)(C)C(C)(C)C)c1. The molecule has 3 rings (SSSR count). The van der Waals surface area contributed by atoms with E-state index in [9.17, 15) is 28.6 Å². The van der Waals surface area contributed by atoms with Gasteiger partial charge in [-0.15, -0.1) is 0 Å². The topological polar surface area (TPSA) is 151 Å². The molecule has 0 heterocycles. The number of hydrogen-bond acceptors (Lipinski definition) is 8. The minimum absolute atomic E-state index is 0.0169. The summed E-state index contributed by atoms with van der Waals surface area (Å²) in [5.74, 6) is 1.74. The first-order valence-corrected chi connectivity index (χ1v) is 22.2. The van der Waals surface area contributed by atoms with E-state index in [1.165, 1.54) is 0 Å². The fourth-order valence-electron chi connectivity index (χ4n) is 4.67. The van der Waals surface area contributed by atoms with Crippen molar-refractivity contribution in [3.05, 3.63) is 62.2 Å². The summed E-state index contributed by atoms with van der Waals surface area (Å²) in [4.78, 5) is 20.3. The first-order chi connectivity index (χ1) is 19.9. The number of hydrogen-bond donors (Lipinski definition) is 1. The number of nitrogens with zero attached hydrogens (tertiary/aromatic N) is 2. The quantitative estimate of drug-likeness (QED) is 0.151. The van der Waals surface area contributed by atoms with Gasteiger partial charge in [0, 0.05) is 18.2 Å². The minimum atomic E-state index is -4.29. The maximum absolute atomic E-state index is 13.2. The van der Waals surface area contributed by atoms with Crippen LogP contribution in [0.3, 0.4) is 0 Å². The summed E-state index contributed by atoms with van der Waals surface area (Å²) in [5.41, 5.74) is -0.301. The molecule has 1 N–H and O–H groups in total. The molecule has 0 spiro atoms. The van der Waals surface area contributed by atoms with Crippen molar-refractivity contribution in [2.24, 2.45) is 0 Å². The Labute approximate surface area is 263 Å². The van der Waals surface area contributed by atoms with Gasteiger partial charge in [-0.3, -0.25) is 20.2 Å². The fraction of sp³-hybridized carbons (Fsp3) is 0.600. The zero-order valence-corrected chi connectivity index (χ0v) is 30.3. The number of nitro groups is 2. The smallest absolute Gasteiger partial charge is 0.296 e. The molecule has 0 saturated heterocycles. The highest BCUT2D eigenvalue weighted by Gasteiger charge is 2.42. The molecule has 1 aliphatic carbocycles. The molecule has 14 heteroatoms. The average molecular weight is 666 g/mol. The second-order valence-corrected chi connectivity index (χ2v) is 25.9. The minimum Gasteiger partial charge on any atom is -0.543 e. The van der Waals surface area contributed by atoms with E-state index in [1.54, 1.807) is 0 Å². The molecule has 0 radical (unpaired) electrons. The second kappa shape index (κ2) is 12.5. The lowest BCUT2D eigenvalue weighted by Crippen LogP contribution is -2.44. The maximum Gasteiger partial charge on any atom is 0.296 e. The molecule has 1 aliphatic rings. The number of rotatable bonds is 10. The summed E-state index contributed by atoms with van der Waals surface area (Å²) < 4.78 is 42.4. The highest BCUT2D eigenvalue weighted by atomic mass is 32.2. The van der Waals surface area contributed by atoms with Crippen molar-refractivity contribution in [3.63, 3.8) is 0 Å². The van der Waals surface area contributed by atoms with E-state index >= 15 is 0 Å². The Hall–Kier alpha value is -2.82. The van der Waals surface area contributed by atoms with Gasteiger partial charge in [-0.1, -0.05) is 47.6 Å². The zero-order valence-electron chi connectivity index (χ0n) is 27.5. The Morgan fingerprint density at radius 3 is 1.84 bits per heavy atom. The van der Waals surface area contributed by atoms with Gasteiger partial charge in [-0.2, -0.15) is 0 Å². The Morgan fingerprint density at radius 2 is 1.34 bits per heavy atom. The van der Waals surface area contributed by atoms with Crippen LogP contribution in [-0.2, 0) is 10.0 Å². The molecular weight excluding hydrogens is 619 g/mol. The molecular formula is C30H47N3O8SSi2. The van der Waals surface area contributed by atoms with E-state index in [0.717, 1.165) is 29.2 Å². The summed E-state index contributed by atoms with van der Waals surface area (Å²) in [6, 6.07) is 8.24. The van der Waals surface area contributed by atoms with Crippen LogP contribution in [-0.4, -0.2) is 40.9 Å². The van der Waals surface area contributed by atoms with E-state index in [4.69, 9.17) is 8.85 Å². The van der Waals surface area contributed by atoms with E-state index < -0.39 is 58.8 Å². The van der Waals surface area contributed by atoms with Crippen LogP contribution >= 0.6 is 0 Å². The number of nitro benzene ring substituents is 2. The molecule has 244 valence electrons. The van der Waals surface area contributed by atoms with Crippen LogP contribution in [0.5, 0.6) is 11.5 Å². The number of nitrogens with one attached hydrogen (secondary N) is 1. The van der Waals surface area contributed by atoms with E-state index in [2.05, 4.69) is 78.5 Å². The van der Waals surface area contributed by atoms with Crippen LogP contribution in [0, 0.1) is 20.2 Å². The molecule has 11 nitrogen and oxygen atoms in total. The van der Waals surface area contributed by atoms with E-state index in [0.29, 0.717) is 31.7 Å². The van der Waals surface area contributed by atoms with Gasteiger partial charge in [0.05, 0.1) is 15.9 Å². The van der Waals surface area contributed by atoms with Crippen LogP contribution in [0.2, 0.25) is 36.3 Å². The van der Waals surface area contributed by atoms with Gasteiger partial charge in [0.2, 0.25) is 26.7 Å². The van der Waals surface area contributed by atoms with Crippen LogP contribution < -0.4 is 13.6 Å². The molecule has 0 amide bonds. The van der Waals surface area contributed by atoms with Gasteiger partial charge in [-0.25, -0.2) is 13.1 Å². The predicted molar refractivity (Wildman–Crippen MR) is 177 cm³/mol. The largest absolute Gasteiger partial charge is 0.543 e. The van der Waals surface area contributed by atoms with Crippen LogP contribution in [0.15, 0.2) is 41.3 Å². The third-order valence-electron chi connectivity index (χ3n) is 9.46. The highest BCUT2D eigenvalue weighted by Crippen LogP contribution is 2.45. The molecule has 0 unspecified atom stereocenters. The fourth-order valence-corrected chi connectivity index (χ4v) is 8.19. The molecule has 2 aromatic rings. The van der Waals surface area contributed by atoms with Crippen molar-refractivity contribution < 1.29 is 27.1 Å². The van der Waals surface area contributed by atoms with Crippen molar-refractivity contribution in [1.82, 2.24) is 4.72 Å². The Morgan fingerprint density at radius 1 is 0.795 bits per heavy atom. The summed E-state index contributed by atoms with van der Waals surface area (Å²) in [6.45, 7) is 22.0. The van der Waals surface area contributed by atoms with Crippen molar-refractivity contribution in [2.75, 3.05) is 0 Å². The average Bonchev–Trinajstić information content (AvgIpc) is 2.87. The van der Waals surface area contributed by atoms with Crippen molar-refractivity contribution in [1.29, 1.82) is 0 Å². The number of benzene rings is 2. The van der Waals surface area contributed by atoms with Gasteiger partial charge in [0.1, 0.15) is 11.5 Å². The number of non-ortho nitro benzene ring substituents is 1. The molecule has 0 aliphatic heterocycles. The van der Waals surface area contributed by atoms with Gasteiger partial charge in [0.25, 0.3) is 11.4 Å². The summed E-state index contributed by atoms with van der Waals surface area (Å²) in [6.07, 6.45) is 2.41. The number of sulfonamides is 1. The standard InChI is InChI=1S/C30H47N3O8SSi2/c1-29(2,3)43(7,8)40-24-16-17-25(27(20-24)41-44(9,10)30(4,5)6)21-11-13-22(14-12-21)31-42(38,39)28-18-15-23(32(34)35)19-26(28)33(36)37/h15-22,31H,11-14H2,1-10H3. The van der Waals surface area contributed by atoms with Gasteiger partial charge >= 0.3 is 0 Å². The third-order valence-corrected chi connectivity index (χ3v) is 19.7. The molecule has 1 saturated carbocycles. The zero-order chi connectivity index (χ0) is 33.5. The highest BCUT2D eigenvalue weighted by molar-refractivity contribution is 7.89. The predicted octanol–water partition coefficient (Wildman–Crippen LogP) is 8.28. The molecule has 0 bridgehead atoms. The van der Waals surface area contributed by atoms with Gasteiger partial charge in [-0.05, 0) is 85.6 Å². The first kappa shape index (κ1) is 35.7. The van der Waals surface area contributed by atoms with Gasteiger partial charge in [0.15, 0.2) is 4.90 Å². The summed E-state index contributed by atoms with van der Waals surface area (Å²) in [7, 11) is -8.58. The normalized spacial score (nSPS) is 18.5. The molecule has 0 atom stereocenters. The Bertz CT molecular complexity index is 1510. The van der Waals surface area contributed by atoms with Crippen LogP contribution in [0.4, 0.5) is 11.4 Å². The lowest BCUT2D eigenvalue weighted by Gasteiger charge is -2.39. The van der Waals surface area contributed by atoms with E-state index in [1.807, 2.05) is 12.1 Å². The lowest BCUT2D eigenvalue weighted by molar-refractivity contribution is -0.396. The van der Waals surface area contributed by atoms with Crippen molar-refractivity contribution >= 4 is 38.0 Å².